The number of likely N-dealkylation sites (tertiary alicyclic amines) is 1. The van der Waals surface area contributed by atoms with Crippen LogP contribution in [0.2, 0.25) is 0 Å². The van der Waals surface area contributed by atoms with Gasteiger partial charge in [0.2, 0.25) is 5.91 Å². The third-order valence-corrected chi connectivity index (χ3v) is 6.53. The second-order valence-corrected chi connectivity index (χ2v) is 8.21. The van der Waals surface area contributed by atoms with Gasteiger partial charge in [-0.1, -0.05) is 0 Å². The van der Waals surface area contributed by atoms with Gasteiger partial charge < -0.3 is 14.5 Å². The SMILES string of the molecule is O=C(C1CCN(CC2CCCOC2)C1)N1CCc2sccc2C1. The quantitative estimate of drug-likeness (QED) is 0.851. The Bertz CT molecular complexity index is 553. The zero-order chi connectivity index (χ0) is 15.6. The molecule has 0 N–H and O–H groups in total. The molecular weight excluding hydrogens is 308 g/mol. The molecule has 3 aliphatic rings. The van der Waals surface area contributed by atoms with Crippen LogP contribution in [0.1, 0.15) is 29.7 Å². The summed E-state index contributed by atoms with van der Waals surface area (Å²) < 4.78 is 5.59. The van der Waals surface area contributed by atoms with E-state index in [-0.39, 0.29) is 5.92 Å². The summed E-state index contributed by atoms with van der Waals surface area (Å²) in [7, 11) is 0. The number of rotatable bonds is 3. The number of thiophene rings is 1. The summed E-state index contributed by atoms with van der Waals surface area (Å²) in [6, 6.07) is 2.18. The van der Waals surface area contributed by atoms with Crippen molar-refractivity contribution in [3.8, 4) is 0 Å². The van der Waals surface area contributed by atoms with Crippen LogP contribution in [0, 0.1) is 11.8 Å². The molecule has 2 saturated heterocycles. The molecule has 4 rings (SSSR count). The molecule has 4 nitrogen and oxygen atoms in total. The van der Waals surface area contributed by atoms with E-state index < -0.39 is 0 Å². The molecule has 4 heterocycles. The van der Waals surface area contributed by atoms with Gasteiger partial charge in [-0.15, -0.1) is 11.3 Å². The minimum absolute atomic E-state index is 0.208. The van der Waals surface area contributed by atoms with Crippen LogP contribution in [-0.4, -0.2) is 55.1 Å². The molecule has 2 unspecified atom stereocenters. The zero-order valence-electron chi connectivity index (χ0n) is 13.7. The van der Waals surface area contributed by atoms with Crippen LogP contribution in [-0.2, 0) is 22.5 Å². The lowest BCUT2D eigenvalue weighted by Crippen LogP contribution is -2.40. The van der Waals surface area contributed by atoms with E-state index in [1.807, 2.05) is 11.3 Å². The summed E-state index contributed by atoms with van der Waals surface area (Å²) in [5.41, 5.74) is 1.36. The monoisotopic (exact) mass is 334 g/mol. The predicted molar refractivity (Wildman–Crippen MR) is 91.5 cm³/mol. The first-order chi connectivity index (χ1) is 11.3. The average molecular weight is 334 g/mol. The van der Waals surface area contributed by atoms with Crippen LogP contribution in [0.15, 0.2) is 11.4 Å². The molecule has 0 spiro atoms. The number of amides is 1. The highest BCUT2D eigenvalue weighted by Crippen LogP contribution is 2.27. The van der Waals surface area contributed by atoms with Gasteiger partial charge in [0, 0.05) is 37.7 Å². The summed E-state index contributed by atoms with van der Waals surface area (Å²) in [5, 5.41) is 2.15. The summed E-state index contributed by atoms with van der Waals surface area (Å²) in [4.78, 5) is 18.9. The zero-order valence-corrected chi connectivity index (χ0v) is 14.5. The average Bonchev–Trinajstić information content (AvgIpc) is 3.23. The molecule has 2 atom stereocenters. The number of fused-ring (bicyclic) bond motifs is 1. The van der Waals surface area contributed by atoms with Crippen LogP contribution in [0.4, 0.5) is 0 Å². The van der Waals surface area contributed by atoms with Crippen molar-refractivity contribution < 1.29 is 9.53 Å². The number of nitrogens with zero attached hydrogens (tertiary/aromatic N) is 2. The number of ether oxygens (including phenoxy) is 1. The van der Waals surface area contributed by atoms with E-state index in [0.717, 1.165) is 58.8 Å². The van der Waals surface area contributed by atoms with Gasteiger partial charge in [-0.3, -0.25) is 4.79 Å². The molecule has 0 radical (unpaired) electrons. The highest BCUT2D eigenvalue weighted by atomic mass is 32.1. The molecule has 0 bridgehead atoms. The Morgan fingerprint density at radius 1 is 1.35 bits per heavy atom. The van der Waals surface area contributed by atoms with Crippen molar-refractivity contribution in [1.82, 2.24) is 9.80 Å². The molecule has 1 amide bonds. The predicted octanol–water partition coefficient (Wildman–Crippen LogP) is 2.38. The topological polar surface area (TPSA) is 32.8 Å². The largest absolute Gasteiger partial charge is 0.381 e. The molecule has 0 saturated carbocycles. The van der Waals surface area contributed by atoms with Crippen molar-refractivity contribution >= 4 is 17.2 Å². The van der Waals surface area contributed by atoms with Crippen molar-refractivity contribution in [2.75, 3.05) is 39.4 Å². The van der Waals surface area contributed by atoms with Crippen molar-refractivity contribution in [2.24, 2.45) is 11.8 Å². The van der Waals surface area contributed by atoms with E-state index in [0.29, 0.717) is 11.8 Å². The Hall–Kier alpha value is -0.910. The van der Waals surface area contributed by atoms with E-state index in [2.05, 4.69) is 21.2 Å². The van der Waals surface area contributed by atoms with Gasteiger partial charge in [-0.05, 0) is 55.2 Å². The molecular formula is C18H26N2O2S. The van der Waals surface area contributed by atoms with E-state index >= 15 is 0 Å². The first-order valence-corrected chi connectivity index (χ1v) is 9.81. The van der Waals surface area contributed by atoms with Gasteiger partial charge in [0.15, 0.2) is 0 Å². The lowest BCUT2D eigenvalue weighted by molar-refractivity contribution is -0.136. The van der Waals surface area contributed by atoms with Crippen molar-refractivity contribution in [3.63, 3.8) is 0 Å². The van der Waals surface area contributed by atoms with Gasteiger partial charge in [-0.25, -0.2) is 0 Å². The van der Waals surface area contributed by atoms with Crippen LogP contribution in [0.3, 0.4) is 0 Å². The summed E-state index contributed by atoms with van der Waals surface area (Å²) in [6.07, 6.45) is 4.54. The Balaban J connectivity index is 1.30. The molecule has 0 aliphatic carbocycles. The smallest absolute Gasteiger partial charge is 0.227 e. The van der Waals surface area contributed by atoms with Crippen LogP contribution in [0.5, 0.6) is 0 Å². The minimum atomic E-state index is 0.208. The first-order valence-electron chi connectivity index (χ1n) is 8.94. The van der Waals surface area contributed by atoms with Crippen LogP contribution < -0.4 is 0 Å². The van der Waals surface area contributed by atoms with Crippen molar-refractivity contribution in [3.05, 3.63) is 21.9 Å². The lowest BCUT2D eigenvalue weighted by atomic mass is 10.0. The summed E-state index contributed by atoms with van der Waals surface area (Å²) >= 11 is 1.83. The van der Waals surface area contributed by atoms with Gasteiger partial charge in [0.05, 0.1) is 12.5 Å². The third-order valence-electron chi connectivity index (χ3n) is 5.51. The van der Waals surface area contributed by atoms with Crippen molar-refractivity contribution in [1.29, 1.82) is 0 Å². The van der Waals surface area contributed by atoms with Gasteiger partial charge in [-0.2, -0.15) is 0 Å². The Kier molecular flexibility index (Phi) is 4.69. The van der Waals surface area contributed by atoms with E-state index in [9.17, 15) is 4.79 Å². The molecule has 126 valence electrons. The van der Waals surface area contributed by atoms with Gasteiger partial charge in [0.25, 0.3) is 0 Å². The van der Waals surface area contributed by atoms with Gasteiger partial charge in [0.1, 0.15) is 0 Å². The lowest BCUT2D eigenvalue weighted by Gasteiger charge is -2.30. The maximum absolute atomic E-state index is 12.8. The Labute approximate surface area is 142 Å². The highest BCUT2D eigenvalue weighted by Gasteiger charge is 2.33. The van der Waals surface area contributed by atoms with E-state index in [4.69, 9.17) is 4.74 Å². The standard InChI is InChI=1S/C18H26N2O2S/c21-18(20-7-4-17-15(12-20)5-9-23-17)16-3-6-19(11-16)10-14-2-1-8-22-13-14/h5,9,14,16H,1-4,6-8,10-13H2. The third kappa shape index (κ3) is 3.47. The Morgan fingerprint density at radius 3 is 3.17 bits per heavy atom. The summed E-state index contributed by atoms with van der Waals surface area (Å²) in [5.74, 6) is 1.25. The Morgan fingerprint density at radius 2 is 2.30 bits per heavy atom. The molecule has 5 heteroatoms. The fourth-order valence-corrected chi connectivity index (χ4v) is 5.10. The van der Waals surface area contributed by atoms with Gasteiger partial charge >= 0.3 is 0 Å². The maximum atomic E-state index is 12.8. The van der Waals surface area contributed by atoms with Crippen LogP contribution >= 0.6 is 11.3 Å². The number of carbonyl (C=O) groups is 1. The maximum Gasteiger partial charge on any atom is 0.227 e. The molecule has 3 aliphatic heterocycles. The highest BCUT2D eigenvalue weighted by molar-refractivity contribution is 7.10. The molecule has 0 aromatic carbocycles. The van der Waals surface area contributed by atoms with Crippen molar-refractivity contribution in [2.45, 2.75) is 32.2 Å². The van der Waals surface area contributed by atoms with E-state index in [1.54, 1.807) is 0 Å². The van der Waals surface area contributed by atoms with E-state index in [1.165, 1.54) is 23.3 Å². The normalized spacial score (nSPS) is 28.8. The first kappa shape index (κ1) is 15.6. The fourth-order valence-electron chi connectivity index (χ4n) is 4.21. The minimum Gasteiger partial charge on any atom is -0.381 e. The molecule has 1 aromatic heterocycles. The van der Waals surface area contributed by atoms with Crippen LogP contribution in [0.25, 0.3) is 0 Å². The second kappa shape index (κ2) is 6.91. The number of hydrogen-bond acceptors (Lipinski definition) is 4. The molecule has 1 aromatic rings. The number of carbonyl (C=O) groups excluding carboxylic acids is 1. The second-order valence-electron chi connectivity index (χ2n) is 7.21. The fraction of sp³-hybridized carbons (Fsp3) is 0.722. The molecule has 23 heavy (non-hydrogen) atoms. The summed E-state index contributed by atoms with van der Waals surface area (Å²) in [6.45, 7) is 6.69. The number of hydrogen-bond donors (Lipinski definition) is 0. The molecule has 2 fully saturated rings.